The van der Waals surface area contributed by atoms with Crippen molar-refractivity contribution in [2.24, 2.45) is 22.6 Å². The molecule has 0 spiro atoms. The van der Waals surface area contributed by atoms with Crippen molar-refractivity contribution in [1.29, 1.82) is 0 Å². The molecule has 0 amide bonds. The van der Waals surface area contributed by atoms with Crippen LogP contribution in [0.15, 0.2) is 53.3 Å². The highest BCUT2D eigenvalue weighted by molar-refractivity contribution is 5.87. The van der Waals surface area contributed by atoms with Crippen LogP contribution in [0.25, 0.3) is 10.8 Å². The van der Waals surface area contributed by atoms with Crippen molar-refractivity contribution in [3.05, 3.63) is 53.9 Å². The lowest BCUT2D eigenvalue weighted by molar-refractivity contribution is 0.146. The summed E-state index contributed by atoms with van der Waals surface area (Å²) in [5.41, 5.74) is 7.90. The SMILES string of the molecule is COc1ccc2ccccc2c1CNCC1CCC(C2(N)N=CC=C(N(C)C)N2)CC1. The number of hydrogen-bond donors (Lipinski definition) is 3. The molecule has 1 aliphatic carbocycles. The lowest BCUT2D eigenvalue weighted by atomic mass is 9.78. The maximum Gasteiger partial charge on any atom is 0.186 e. The summed E-state index contributed by atoms with van der Waals surface area (Å²) in [6.45, 7) is 1.82. The monoisotopic (exact) mass is 421 g/mol. The number of methoxy groups -OCH3 is 1. The maximum absolute atomic E-state index is 6.66. The Kier molecular flexibility index (Phi) is 6.49. The zero-order valence-corrected chi connectivity index (χ0v) is 18.9. The lowest BCUT2D eigenvalue weighted by Gasteiger charge is -2.42. The van der Waals surface area contributed by atoms with Crippen LogP contribution in [0.2, 0.25) is 0 Å². The van der Waals surface area contributed by atoms with E-state index in [2.05, 4.69) is 52.0 Å². The molecule has 2 aromatic carbocycles. The van der Waals surface area contributed by atoms with E-state index < -0.39 is 5.79 Å². The summed E-state index contributed by atoms with van der Waals surface area (Å²) in [5, 5.41) is 9.65. The third-order valence-corrected chi connectivity index (χ3v) is 6.75. The van der Waals surface area contributed by atoms with Gasteiger partial charge < -0.3 is 20.3 Å². The highest BCUT2D eigenvalue weighted by Gasteiger charge is 2.38. The molecule has 1 unspecified atom stereocenters. The number of nitrogens with zero attached hydrogens (tertiary/aromatic N) is 2. The molecule has 6 heteroatoms. The van der Waals surface area contributed by atoms with Crippen LogP contribution in [0.3, 0.4) is 0 Å². The number of rotatable bonds is 7. The first kappa shape index (κ1) is 21.7. The fourth-order valence-corrected chi connectivity index (χ4v) is 4.88. The normalized spacial score (nSPS) is 25.7. The van der Waals surface area contributed by atoms with Crippen molar-refractivity contribution in [2.75, 3.05) is 27.7 Å². The standard InChI is InChI=1S/C25H35N5O/c1-30(2)24-14-15-28-25(26,29-24)20-11-8-18(9-12-20)16-27-17-22-21-7-5-4-6-19(21)10-13-23(22)31-3/h4-7,10,13-15,18,20,27,29H,8-9,11-12,16-17,26H2,1-3H3. The lowest BCUT2D eigenvalue weighted by Crippen LogP contribution is -2.60. The maximum atomic E-state index is 6.66. The molecule has 2 aromatic rings. The fourth-order valence-electron chi connectivity index (χ4n) is 4.88. The number of allylic oxidation sites excluding steroid dienone is 1. The van der Waals surface area contributed by atoms with Crippen molar-refractivity contribution in [3.63, 3.8) is 0 Å². The molecule has 1 fully saturated rings. The molecule has 31 heavy (non-hydrogen) atoms. The summed E-state index contributed by atoms with van der Waals surface area (Å²) >= 11 is 0. The third-order valence-electron chi connectivity index (χ3n) is 6.75. The molecule has 0 saturated heterocycles. The average molecular weight is 422 g/mol. The second kappa shape index (κ2) is 9.28. The molecule has 4 N–H and O–H groups in total. The Bertz CT molecular complexity index is 962. The largest absolute Gasteiger partial charge is 0.496 e. The van der Waals surface area contributed by atoms with Gasteiger partial charge in [-0.15, -0.1) is 0 Å². The van der Waals surface area contributed by atoms with Gasteiger partial charge in [-0.2, -0.15) is 0 Å². The van der Waals surface area contributed by atoms with E-state index in [1.807, 2.05) is 31.3 Å². The molecule has 1 heterocycles. The van der Waals surface area contributed by atoms with Crippen LogP contribution in [0.1, 0.15) is 31.2 Å². The van der Waals surface area contributed by atoms with Gasteiger partial charge in [-0.3, -0.25) is 10.7 Å². The summed E-state index contributed by atoms with van der Waals surface area (Å²) in [6.07, 6.45) is 8.33. The molecule has 1 saturated carbocycles. The van der Waals surface area contributed by atoms with Gasteiger partial charge >= 0.3 is 0 Å². The van der Waals surface area contributed by atoms with Crippen LogP contribution in [-0.4, -0.2) is 44.7 Å². The minimum absolute atomic E-state index is 0.349. The van der Waals surface area contributed by atoms with Gasteiger partial charge in [0.05, 0.1) is 7.11 Å². The quantitative estimate of drug-likeness (QED) is 0.639. The summed E-state index contributed by atoms with van der Waals surface area (Å²) in [4.78, 5) is 6.65. The number of benzene rings is 2. The molecule has 1 aliphatic heterocycles. The van der Waals surface area contributed by atoms with E-state index in [1.165, 1.54) is 29.2 Å². The Hall–Kier alpha value is -2.57. The van der Waals surface area contributed by atoms with Crippen LogP contribution < -0.4 is 21.1 Å². The molecule has 1 atom stereocenters. The number of aliphatic imine (C=N–C) groups is 1. The van der Waals surface area contributed by atoms with Gasteiger partial charge in [0.1, 0.15) is 11.6 Å². The predicted octanol–water partition coefficient (Wildman–Crippen LogP) is 3.43. The Morgan fingerprint density at radius 3 is 2.68 bits per heavy atom. The number of fused-ring (bicyclic) bond motifs is 1. The fraction of sp³-hybridized carbons (Fsp3) is 0.480. The van der Waals surface area contributed by atoms with Crippen LogP contribution in [-0.2, 0) is 6.54 Å². The van der Waals surface area contributed by atoms with Crippen molar-refractivity contribution in [3.8, 4) is 5.75 Å². The highest BCUT2D eigenvalue weighted by atomic mass is 16.5. The van der Waals surface area contributed by atoms with Crippen molar-refractivity contribution in [1.82, 2.24) is 15.5 Å². The molecule has 0 radical (unpaired) electrons. The Labute approximate surface area is 185 Å². The van der Waals surface area contributed by atoms with E-state index in [-0.39, 0.29) is 0 Å². The van der Waals surface area contributed by atoms with Gasteiger partial charge in [0, 0.05) is 38.3 Å². The molecular formula is C25H35N5O. The first-order valence-corrected chi connectivity index (χ1v) is 11.3. The molecular weight excluding hydrogens is 386 g/mol. The van der Waals surface area contributed by atoms with Gasteiger partial charge in [-0.25, -0.2) is 0 Å². The highest BCUT2D eigenvalue weighted by Crippen LogP contribution is 2.35. The Morgan fingerprint density at radius 2 is 1.94 bits per heavy atom. The van der Waals surface area contributed by atoms with Crippen LogP contribution in [0.5, 0.6) is 5.75 Å². The number of hydrogen-bond acceptors (Lipinski definition) is 6. The molecule has 166 valence electrons. The Morgan fingerprint density at radius 1 is 1.16 bits per heavy atom. The van der Waals surface area contributed by atoms with E-state index >= 15 is 0 Å². The van der Waals surface area contributed by atoms with Crippen molar-refractivity contribution >= 4 is 17.0 Å². The number of nitrogens with two attached hydrogens (primary N) is 1. The molecule has 0 aromatic heterocycles. The predicted molar refractivity (Wildman–Crippen MR) is 128 cm³/mol. The van der Waals surface area contributed by atoms with E-state index in [1.54, 1.807) is 7.11 Å². The second-order valence-electron chi connectivity index (χ2n) is 8.99. The van der Waals surface area contributed by atoms with Crippen molar-refractivity contribution in [2.45, 2.75) is 38.0 Å². The molecule has 0 bridgehead atoms. The van der Waals surface area contributed by atoms with E-state index in [0.717, 1.165) is 37.5 Å². The summed E-state index contributed by atoms with van der Waals surface area (Å²) in [5.74, 6) is 2.29. The number of nitrogens with one attached hydrogen (secondary N) is 2. The smallest absolute Gasteiger partial charge is 0.186 e. The first-order chi connectivity index (χ1) is 15.0. The average Bonchev–Trinajstić information content (AvgIpc) is 2.79. The molecule has 6 nitrogen and oxygen atoms in total. The topological polar surface area (TPSA) is 74.9 Å². The zero-order valence-electron chi connectivity index (χ0n) is 18.9. The minimum atomic E-state index is -0.691. The molecule has 4 rings (SSSR count). The first-order valence-electron chi connectivity index (χ1n) is 11.3. The van der Waals surface area contributed by atoms with E-state index in [4.69, 9.17) is 10.5 Å². The number of ether oxygens (including phenoxy) is 1. The molecule has 2 aliphatic rings. The van der Waals surface area contributed by atoms with E-state index in [0.29, 0.717) is 11.8 Å². The third kappa shape index (κ3) is 4.70. The van der Waals surface area contributed by atoms with E-state index in [9.17, 15) is 0 Å². The Balaban J connectivity index is 1.31. The summed E-state index contributed by atoms with van der Waals surface area (Å²) in [6, 6.07) is 12.7. The zero-order chi connectivity index (χ0) is 21.8. The minimum Gasteiger partial charge on any atom is -0.496 e. The van der Waals surface area contributed by atoms with Gasteiger partial charge in [-0.05, 0) is 61.1 Å². The van der Waals surface area contributed by atoms with Gasteiger partial charge in [-0.1, -0.05) is 30.3 Å². The van der Waals surface area contributed by atoms with Gasteiger partial charge in [0.2, 0.25) is 0 Å². The van der Waals surface area contributed by atoms with Crippen LogP contribution >= 0.6 is 0 Å². The van der Waals surface area contributed by atoms with Gasteiger partial charge in [0.25, 0.3) is 0 Å². The second-order valence-corrected chi connectivity index (χ2v) is 8.99. The van der Waals surface area contributed by atoms with Gasteiger partial charge in [0.15, 0.2) is 5.79 Å². The summed E-state index contributed by atoms with van der Waals surface area (Å²) in [7, 11) is 5.79. The van der Waals surface area contributed by atoms with Crippen molar-refractivity contribution < 1.29 is 4.74 Å². The summed E-state index contributed by atoms with van der Waals surface area (Å²) < 4.78 is 5.63. The van der Waals surface area contributed by atoms with Crippen LogP contribution in [0, 0.1) is 11.8 Å². The van der Waals surface area contributed by atoms with Crippen LogP contribution in [0.4, 0.5) is 0 Å².